The molecule has 2 rings (SSSR count). The molecule has 2 aromatic rings. The zero-order chi connectivity index (χ0) is 10.8. The Balaban J connectivity index is 2.11. The van der Waals surface area contributed by atoms with Crippen LogP contribution in [0.1, 0.15) is 22.3 Å². The Morgan fingerprint density at radius 2 is 2.47 bits per heavy atom. The fraction of sp³-hybridized carbons (Fsp3) is 0.300. The lowest BCUT2D eigenvalue weighted by Crippen LogP contribution is -2.12. The summed E-state index contributed by atoms with van der Waals surface area (Å²) in [5, 5.41) is 0. The molecule has 3 N–H and O–H groups in total. The van der Waals surface area contributed by atoms with E-state index in [0.29, 0.717) is 0 Å². The predicted octanol–water partition coefficient (Wildman–Crippen LogP) is 2.78. The van der Waals surface area contributed by atoms with Gasteiger partial charge in [-0.25, -0.2) is 4.98 Å². The largest absolute Gasteiger partial charge is 0.349 e. The summed E-state index contributed by atoms with van der Waals surface area (Å²) in [5.74, 6) is 0.935. The third kappa shape index (κ3) is 2.48. The standard InChI is InChI=1S/C10H12BrN3S/c1-6-4-8(15-10(6)11)7(12)5-9-13-2-3-14-9/h2-4,7H,5,12H2,1H3,(H,13,14). The zero-order valence-corrected chi connectivity index (χ0v) is 10.7. The second kappa shape index (κ2) is 4.47. The number of halogens is 1. The molecule has 0 saturated carbocycles. The van der Waals surface area contributed by atoms with Gasteiger partial charge in [0.2, 0.25) is 0 Å². The SMILES string of the molecule is Cc1cc(C(N)Cc2ncc[nH]2)sc1Br. The topological polar surface area (TPSA) is 54.7 Å². The van der Waals surface area contributed by atoms with Gasteiger partial charge in [0.05, 0.1) is 3.79 Å². The summed E-state index contributed by atoms with van der Waals surface area (Å²) in [6.45, 7) is 2.07. The summed E-state index contributed by atoms with van der Waals surface area (Å²) in [7, 11) is 0. The quantitative estimate of drug-likeness (QED) is 0.911. The molecule has 5 heteroatoms. The maximum Gasteiger partial charge on any atom is 0.107 e. The molecule has 1 atom stereocenters. The molecule has 0 spiro atoms. The lowest BCUT2D eigenvalue weighted by molar-refractivity contribution is 0.707. The van der Waals surface area contributed by atoms with Crippen LogP contribution in [0.3, 0.4) is 0 Å². The molecule has 0 aliphatic carbocycles. The lowest BCUT2D eigenvalue weighted by Gasteiger charge is -2.06. The summed E-state index contributed by atoms with van der Waals surface area (Å²) < 4.78 is 1.16. The molecule has 0 saturated heterocycles. The van der Waals surface area contributed by atoms with Gasteiger partial charge in [-0.05, 0) is 34.5 Å². The van der Waals surface area contributed by atoms with E-state index in [0.717, 1.165) is 16.0 Å². The number of nitrogens with one attached hydrogen (secondary N) is 1. The Kier molecular flexibility index (Phi) is 3.23. The molecule has 0 amide bonds. The number of hydrogen-bond donors (Lipinski definition) is 2. The van der Waals surface area contributed by atoms with Crippen molar-refractivity contribution in [3.63, 3.8) is 0 Å². The van der Waals surface area contributed by atoms with Gasteiger partial charge in [-0.2, -0.15) is 0 Å². The summed E-state index contributed by atoms with van der Waals surface area (Å²) in [6.07, 6.45) is 4.31. The van der Waals surface area contributed by atoms with Crippen molar-refractivity contribution in [2.45, 2.75) is 19.4 Å². The van der Waals surface area contributed by atoms with Gasteiger partial charge in [-0.1, -0.05) is 0 Å². The number of aromatic nitrogens is 2. The van der Waals surface area contributed by atoms with E-state index in [4.69, 9.17) is 5.73 Å². The van der Waals surface area contributed by atoms with Crippen molar-refractivity contribution >= 4 is 27.3 Å². The van der Waals surface area contributed by atoms with Gasteiger partial charge >= 0.3 is 0 Å². The second-order valence-corrected chi connectivity index (χ2v) is 5.85. The lowest BCUT2D eigenvalue weighted by atomic mass is 10.1. The van der Waals surface area contributed by atoms with Crippen molar-refractivity contribution in [1.82, 2.24) is 9.97 Å². The molecule has 0 aliphatic heterocycles. The van der Waals surface area contributed by atoms with E-state index in [2.05, 4.69) is 38.9 Å². The summed E-state index contributed by atoms with van der Waals surface area (Å²) in [5.41, 5.74) is 7.34. The van der Waals surface area contributed by atoms with Crippen molar-refractivity contribution < 1.29 is 0 Å². The maximum atomic E-state index is 6.10. The van der Waals surface area contributed by atoms with E-state index in [9.17, 15) is 0 Å². The first-order valence-electron chi connectivity index (χ1n) is 4.66. The van der Waals surface area contributed by atoms with Crippen LogP contribution in [0, 0.1) is 6.92 Å². The molecule has 0 bridgehead atoms. The van der Waals surface area contributed by atoms with Crippen LogP contribution in [-0.4, -0.2) is 9.97 Å². The highest BCUT2D eigenvalue weighted by Crippen LogP contribution is 2.31. The number of nitrogens with two attached hydrogens (primary N) is 1. The molecule has 80 valence electrons. The fourth-order valence-corrected chi connectivity index (χ4v) is 2.96. The molecule has 0 aromatic carbocycles. The van der Waals surface area contributed by atoms with Gasteiger partial charge < -0.3 is 10.7 Å². The summed E-state index contributed by atoms with van der Waals surface area (Å²) in [4.78, 5) is 8.42. The van der Waals surface area contributed by atoms with E-state index < -0.39 is 0 Å². The first kappa shape index (κ1) is 10.9. The monoisotopic (exact) mass is 285 g/mol. The number of aromatic amines is 1. The maximum absolute atomic E-state index is 6.10. The highest BCUT2D eigenvalue weighted by molar-refractivity contribution is 9.11. The van der Waals surface area contributed by atoms with Gasteiger partial charge in [-0.3, -0.25) is 0 Å². The van der Waals surface area contributed by atoms with Gasteiger partial charge in [-0.15, -0.1) is 11.3 Å². The number of aryl methyl sites for hydroxylation is 1. The van der Waals surface area contributed by atoms with Crippen LogP contribution in [-0.2, 0) is 6.42 Å². The Morgan fingerprint density at radius 1 is 1.67 bits per heavy atom. The number of thiophene rings is 1. The zero-order valence-electron chi connectivity index (χ0n) is 8.33. The van der Waals surface area contributed by atoms with E-state index in [1.54, 1.807) is 17.5 Å². The van der Waals surface area contributed by atoms with E-state index in [1.807, 2.05) is 6.20 Å². The average Bonchev–Trinajstić information content (AvgIpc) is 2.78. The second-order valence-electron chi connectivity index (χ2n) is 3.45. The van der Waals surface area contributed by atoms with Gasteiger partial charge in [0.25, 0.3) is 0 Å². The molecule has 0 aliphatic rings. The summed E-state index contributed by atoms with van der Waals surface area (Å²) >= 11 is 5.20. The van der Waals surface area contributed by atoms with Gasteiger partial charge in [0.15, 0.2) is 0 Å². The van der Waals surface area contributed by atoms with Crippen LogP contribution in [0.25, 0.3) is 0 Å². The molecular weight excluding hydrogens is 274 g/mol. The van der Waals surface area contributed by atoms with Crippen LogP contribution < -0.4 is 5.73 Å². The third-order valence-corrected chi connectivity index (χ3v) is 4.48. The molecule has 3 nitrogen and oxygen atoms in total. The van der Waals surface area contributed by atoms with Crippen molar-refractivity contribution in [2.75, 3.05) is 0 Å². The van der Waals surface area contributed by atoms with Crippen molar-refractivity contribution in [2.24, 2.45) is 5.73 Å². The minimum absolute atomic E-state index is 0.0196. The highest BCUT2D eigenvalue weighted by Gasteiger charge is 2.12. The third-order valence-electron chi connectivity index (χ3n) is 2.21. The van der Waals surface area contributed by atoms with E-state index in [1.165, 1.54) is 10.4 Å². The number of rotatable bonds is 3. The minimum Gasteiger partial charge on any atom is -0.349 e. The van der Waals surface area contributed by atoms with Crippen molar-refractivity contribution in [3.8, 4) is 0 Å². The van der Waals surface area contributed by atoms with Crippen molar-refractivity contribution in [1.29, 1.82) is 0 Å². The number of hydrogen-bond acceptors (Lipinski definition) is 3. The van der Waals surface area contributed by atoms with Gasteiger partial charge in [0.1, 0.15) is 5.82 Å². The van der Waals surface area contributed by atoms with Crippen LogP contribution in [0.2, 0.25) is 0 Å². The average molecular weight is 286 g/mol. The van der Waals surface area contributed by atoms with Crippen LogP contribution in [0.5, 0.6) is 0 Å². The number of nitrogens with zero attached hydrogens (tertiary/aromatic N) is 1. The Morgan fingerprint density at radius 3 is 3.00 bits per heavy atom. The fourth-order valence-electron chi connectivity index (χ4n) is 1.38. The Labute approximate surface area is 101 Å². The van der Waals surface area contributed by atoms with E-state index >= 15 is 0 Å². The first-order valence-corrected chi connectivity index (χ1v) is 6.27. The highest BCUT2D eigenvalue weighted by atomic mass is 79.9. The molecule has 1 unspecified atom stereocenters. The van der Waals surface area contributed by atoms with E-state index in [-0.39, 0.29) is 6.04 Å². The Bertz CT molecular complexity index is 416. The molecule has 2 aromatic heterocycles. The van der Waals surface area contributed by atoms with Crippen LogP contribution >= 0.6 is 27.3 Å². The minimum atomic E-state index is 0.0196. The normalized spacial score (nSPS) is 13.0. The van der Waals surface area contributed by atoms with Gasteiger partial charge in [0, 0.05) is 29.7 Å². The van der Waals surface area contributed by atoms with Crippen LogP contribution in [0.4, 0.5) is 0 Å². The van der Waals surface area contributed by atoms with Crippen molar-refractivity contribution in [3.05, 3.63) is 38.5 Å². The number of H-pyrrole nitrogens is 1. The molecule has 0 radical (unpaired) electrons. The molecule has 0 fully saturated rings. The molecule has 15 heavy (non-hydrogen) atoms. The van der Waals surface area contributed by atoms with Crippen LogP contribution in [0.15, 0.2) is 22.2 Å². The Hall–Kier alpha value is -0.650. The smallest absolute Gasteiger partial charge is 0.107 e. The summed E-state index contributed by atoms with van der Waals surface area (Å²) in [6, 6.07) is 2.15. The number of imidazole rings is 1. The predicted molar refractivity (Wildman–Crippen MR) is 66.0 cm³/mol. The molecular formula is C10H12BrN3S. The molecule has 2 heterocycles. The first-order chi connectivity index (χ1) is 7.16.